The van der Waals surface area contributed by atoms with Gasteiger partial charge in [0.15, 0.2) is 0 Å². The van der Waals surface area contributed by atoms with E-state index in [1.807, 2.05) is 0 Å². The molecule has 2 nitrogen and oxygen atoms in total. The Balaban J connectivity index is 1.99. The summed E-state index contributed by atoms with van der Waals surface area (Å²) in [4.78, 5) is 0. The van der Waals surface area contributed by atoms with Gasteiger partial charge in [-0.3, -0.25) is 0 Å². The summed E-state index contributed by atoms with van der Waals surface area (Å²) >= 11 is 0. The van der Waals surface area contributed by atoms with E-state index in [1.165, 1.54) is 24.8 Å². The fourth-order valence-corrected chi connectivity index (χ4v) is 2.24. The van der Waals surface area contributed by atoms with Gasteiger partial charge in [0, 0.05) is 0 Å². The van der Waals surface area contributed by atoms with Crippen molar-refractivity contribution in [3.05, 3.63) is 29.8 Å². The Kier molecular flexibility index (Phi) is 9.16. The van der Waals surface area contributed by atoms with Crippen molar-refractivity contribution < 1.29 is 4.74 Å². The molecule has 1 N–H and O–H groups in total. The third-order valence-corrected chi connectivity index (χ3v) is 3.62. The van der Waals surface area contributed by atoms with E-state index in [0.717, 1.165) is 37.8 Å². The molecule has 0 saturated carbocycles. The van der Waals surface area contributed by atoms with Crippen LogP contribution in [-0.4, -0.2) is 19.7 Å². The Labute approximate surface area is 131 Å². The molecule has 0 unspecified atom stereocenters. The molecule has 0 spiro atoms. The molecule has 120 valence electrons. The highest BCUT2D eigenvalue weighted by Gasteiger charge is 1.99. The van der Waals surface area contributed by atoms with Crippen LogP contribution >= 0.6 is 0 Å². The largest absolute Gasteiger partial charge is 0.494 e. The Morgan fingerprint density at radius 1 is 0.905 bits per heavy atom. The van der Waals surface area contributed by atoms with Crippen LogP contribution < -0.4 is 10.1 Å². The van der Waals surface area contributed by atoms with E-state index < -0.39 is 0 Å². The number of rotatable bonds is 11. The van der Waals surface area contributed by atoms with E-state index in [2.05, 4.69) is 57.3 Å². The fourth-order valence-electron chi connectivity index (χ4n) is 2.24. The molecular formula is C19H33NO. The first-order valence-corrected chi connectivity index (χ1v) is 8.53. The Morgan fingerprint density at radius 2 is 1.57 bits per heavy atom. The first-order valence-electron chi connectivity index (χ1n) is 8.53. The van der Waals surface area contributed by atoms with Crippen LogP contribution in [0.5, 0.6) is 5.75 Å². The molecule has 0 fully saturated rings. The third kappa shape index (κ3) is 8.77. The minimum atomic E-state index is 0.586. The van der Waals surface area contributed by atoms with Gasteiger partial charge < -0.3 is 10.1 Å². The van der Waals surface area contributed by atoms with Gasteiger partial charge >= 0.3 is 0 Å². The van der Waals surface area contributed by atoms with Crippen LogP contribution in [-0.2, 0) is 0 Å². The molecule has 0 aliphatic heterocycles. The van der Waals surface area contributed by atoms with Crippen molar-refractivity contribution in [1.82, 2.24) is 5.32 Å². The molecule has 0 atom stereocenters. The van der Waals surface area contributed by atoms with E-state index >= 15 is 0 Å². The van der Waals surface area contributed by atoms with Gasteiger partial charge in [-0.2, -0.15) is 0 Å². The lowest BCUT2D eigenvalue weighted by atomic mass is 10.0. The number of hydrogen-bond donors (Lipinski definition) is 1. The van der Waals surface area contributed by atoms with Crippen molar-refractivity contribution in [3.63, 3.8) is 0 Å². The molecule has 0 heterocycles. The topological polar surface area (TPSA) is 21.3 Å². The number of ether oxygens (including phenoxy) is 1. The second kappa shape index (κ2) is 10.7. The number of unbranched alkanes of at least 4 members (excludes halogenated alkanes) is 3. The summed E-state index contributed by atoms with van der Waals surface area (Å²) in [5.41, 5.74) is 1.37. The molecule has 0 aromatic heterocycles. The average Bonchev–Trinajstić information content (AvgIpc) is 2.45. The summed E-state index contributed by atoms with van der Waals surface area (Å²) in [5, 5.41) is 3.48. The first kappa shape index (κ1) is 18.0. The molecule has 0 saturated heterocycles. The van der Waals surface area contributed by atoms with E-state index in [-0.39, 0.29) is 0 Å². The lowest BCUT2D eigenvalue weighted by Crippen LogP contribution is -2.20. The van der Waals surface area contributed by atoms with Crippen molar-refractivity contribution in [2.24, 2.45) is 5.92 Å². The number of benzene rings is 1. The van der Waals surface area contributed by atoms with Gasteiger partial charge in [0.2, 0.25) is 0 Å². The summed E-state index contributed by atoms with van der Waals surface area (Å²) in [5.74, 6) is 2.34. The third-order valence-electron chi connectivity index (χ3n) is 3.62. The van der Waals surface area contributed by atoms with Crippen LogP contribution in [0.15, 0.2) is 24.3 Å². The molecule has 1 aromatic carbocycles. The van der Waals surface area contributed by atoms with Crippen LogP contribution in [0.4, 0.5) is 0 Å². The quantitative estimate of drug-likeness (QED) is 0.580. The van der Waals surface area contributed by atoms with Gasteiger partial charge in [-0.05, 0) is 55.5 Å². The van der Waals surface area contributed by atoms with Gasteiger partial charge in [0.1, 0.15) is 5.75 Å². The van der Waals surface area contributed by atoms with E-state index in [1.54, 1.807) is 0 Å². The highest BCUT2D eigenvalue weighted by Crippen LogP contribution is 2.18. The molecule has 21 heavy (non-hydrogen) atoms. The fraction of sp³-hybridized carbons (Fsp3) is 0.684. The standard InChI is InChI=1S/C19H33NO/c1-16(2)15-20-13-7-5-6-8-14-21-19-11-9-18(10-12-19)17(3)4/h9-12,16-17,20H,5-8,13-15H2,1-4H3. The van der Waals surface area contributed by atoms with Gasteiger partial charge in [-0.15, -0.1) is 0 Å². The predicted octanol–water partition coefficient (Wildman–Crippen LogP) is 4.99. The van der Waals surface area contributed by atoms with E-state index in [9.17, 15) is 0 Å². The molecule has 0 bridgehead atoms. The monoisotopic (exact) mass is 291 g/mol. The maximum absolute atomic E-state index is 5.78. The first-order chi connectivity index (χ1) is 10.1. The number of nitrogens with one attached hydrogen (secondary N) is 1. The summed E-state index contributed by atoms with van der Waals surface area (Å²) in [6, 6.07) is 8.51. The van der Waals surface area contributed by atoms with Gasteiger partial charge in [0.25, 0.3) is 0 Å². The van der Waals surface area contributed by atoms with Gasteiger partial charge in [-0.1, -0.05) is 52.7 Å². The van der Waals surface area contributed by atoms with Crippen LogP contribution in [0.1, 0.15) is 64.9 Å². The zero-order valence-corrected chi connectivity index (χ0v) is 14.3. The van der Waals surface area contributed by atoms with E-state index in [0.29, 0.717) is 5.92 Å². The second-order valence-corrected chi connectivity index (χ2v) is 6.58. The van der Waals surface area contributed by atoms with Crippen LogP contribution in [0, 0.1) is 5.92 Å². The average molecular weight is 291 g/mol. The Bertz CT molecular complexity index is 356. The summed E-state index contributed by atoms with van der Waals surface area (Å²) < 4.78 is 5.78. The SMILES string of the molecule is CC(C)CNCCCCCCOc1ccc(C(C)C)cc1. The smallest absolute Gasteiger partial charge is 0.119 e. The molecule has 1 rings (SSSR count). The van der Waals surface area contributed by atoms with Crippen LogP contribution in [0.3, 0.4) is 0 Å². The maximum atomic E-state index is 5.78. The minimum Gasteiger partial charge on any atom is -0.494 e. The molecular weight excluding hydrogens is 258 g/mol. The Hall–Kier alpha value is -1.02. The maximum Gasteiger partial charge on any atom is 0.119 e. The lowest BCUT2D eigenvalue weighted by molar-refractivity contribution is 0.304. The van der Waals surface area contributed by atoms with E-state index in [4.69, 9.17) is 4.74 Å². The number of hydrogen-bond acceptors (Lipinski definition) is 2. The lowest BCUT2D eigenvalue weighted by Gasteiger charge is -2.09. The zero-order valence-electron chi connectivity index (χ0n) is 14.3. The molecule has 1 aromatic rings. The normalized spacial score (nSPS) is 11.3. The van der Waals surface area contributed by atoms with Crippen LogP contribution in [0.25, 0.3) is 0 Å². The highest BCUT2D eigenvalue weighted by molar-refractivity contribution is 5.28. The predicted molar refractivity (Wildman–Crippen MR) is 92.2 cm³/mol. The zero-order chi connectivity index (χ0) is 15.5. The summed E-state index contributed by atoms with van der Waals surface area (Å²) in [6.07, 6.45) is 4.97. The molecule has 0 radical (unpaired) electrons. The van der Waals surface area contributed by atoms with Crippen molar-refractivity contribution >= 4 is 0 Å². The van der Waals surface area contributed by atoms with Crippen molar-refractivity contribution in [2.75, 3.05) is 19.7 Å². The second-order valence-electron chi connectivity index (χ2n) is 6.58. The van der Waals surface area contributed by atoms with Crippen molar-refractivity contribution in [3.8, 4) is 5.75 Å². The summed E-state index contributed by atoms with van der Waals surface area (Å²) in [7, 11) is 0. The Morgan fingerprint density at radius 3 is 2.19 bits per heavy atom. The molecule has 0 aliphatic carbocycles. The minimum absolute atomic E-state index is 0.586. The van der Waals surface area contributed by atoms with Gasteiger partial charge in [0.05, 0.1) is 6.61 Å². The summed E-state index contributed by atoms with van der Waals surface area (Å²) in [6.45, 7) is 12.0. The molecule has 0 amide bonds. The van der Waals surface area contributed by atoms with Gasteiger partial charge in [-0.25, -0.2) is 0 Å². The molecule has 0 aliphatic rings. The highest BCUT2D eigenvalue weighted by atomic mass is 16.5. The molecule has 2 heteroatoms. The van der Waals surface area contributed by atoms with Crippen molar-refractivity contribution in [1.29, 1.82) is 0 Å². The van der Waals surface area contributed by atoms with Crippen molar-refractivity contribution in [2.45, 2.75) is 59.3 Å². The van der Waals surface area contributed by atoms with Crippen LogP contribution in [0.2, 0.25) is 0 Å².